The maximum absolute atomic E-state index is 11.7. The molecule has 0 spiro atoms. The van der Waals surface area contributed by atoms with Crippen molar-refractivity contribution in [2.45, 2.75) is 27.2 Å². The van der Waals surface area contributed by atoms with Crippen molar-refractivity contribution >= 4 is 11.5 Å². The number of hydrogen-bond acceptors (Lipinski definition) is 2. The van der Waals surface area contributed by atoms with E-state index in [1.165, 1.54) is 0 Å². The minimum atomic E-state index is -0.360. The second-order valence-electron chi connectivity index (χ2n) is 4.69. The van der Waals surface area contributed by atoms with Crippen molar-refractivity contribution < 1.29 is 4.79 Å². The Morgan fingerprint density at radius 2 is 1.73 bits per heavy atom. The Labute approximate surface area is 90.8 Å². The molecule has 1 aromatic carbocycles. The van der Waals surface area contributed by atoms with E-state index in [4.69, 9.17) is 5.41 Å². The molecule has 1 aromatic rings. The smallest absolute Gasteiger partial charge is 0.144 e. The van der Waals surface area contributed by atoms with Gasteiger partial charge in [0.25, 0.3) is 0 Å². The Morgan fingerprint density at radius 1 is 1.20 bits per heavy atom. The summed E-state index contributed by atoms with van der Waals surface area (Å²) in [5, 5.41) is 7.82. The number of nitrogens with one attached hydrogen (secondary N) is 1. The summed E-state index contributed by atoms with van der Waals surface area (Å²) in [6, 6.07) is 9.38. The molecule has 0 saturated heterocycles. The lowest BCUT2D eigenvalue weighted by Crippen LogP contribution is -2.23. The van der Waals surface area contributed by atoms with Gasteiger partial charge in [-0.25, -0.2) is 0 Å². The average Bonchev–Trinajstić information content (AvgIpc) is 2.17. The first-order valence-corrected chi connectivity index (χ1v) is 5.07. The Morgan fingerprint density at radius 3 is 2.20 bits per heavy atom. The predicted molar refractivity (Wildman–Crippen MR) is 62.3 cm³/mol. The lowest BCUT2D eigenvalue weighted by Gasteiger charge is -2.16. The van der Waals surface area contributed by atoms with Crippen molar-refractivity contribution in [3.8, 4) is 0 Å². The third kappa shape index (κ3) is 3.31. The summed E-state index contributed by atoms with van der Waals surface area (Å²) in [5.74, 6) is 0.108. The van der Waals surface area contributed by atoms with Crippen molar-refractivity contribution in [2.75, 3.05) is 0 Å². The fourth-order valence-corrected chi connectivity index (χ4v) is 1.17. The van der Waals surface area contributed by atoms with Gasteiger partial charge in [0.15, 0.2) is 0 Å². The third-order valence-corrected chi connectivity index (χ3v) is 2.30. The lowest BCUT2D eigenvalue weighted by molar-refractivity contribution is -0.125. The molecule has 0 unspecified atom stereocenters. The molecule has 0 aliphatic carbocycles. The number of Topliss-reactive ketones (excluding diaryl/α,β-unsaturated/α-hetero) is 1. The van der Waals surface area contributed by atoms with Gasteiger partial charge in [-0.05, 0) is 5.56 Å². The van der Waals surface area contributed by atoms with Gasteiger partial charge in [-0.1, -0.05) is 51.1 Å². The first-order valence-electron chi connectivity index (χ1n) is 5.07. The molecular weight excluding hydrogens is 186 g/mol. The van der Waals surface area contributed by atoms with Gasteiger partial charge in [0.2, 0.25) is 0 Å². The number of hydrogen-bond donors (Lipinski definition) is 1. The summed E-state index contributed by atoms with van der Waals surface area (Å²) in [6.07, 6.45) is 0.216. The molecule has 0 fully saturated rings. The average molecular weight is 203 g/mol. The van der Waals surface area contributed by atoms with E-state index in [1.54, 1.807) is 0 Å². The Kier molecular flexibility index (Phi) is 3.40. The second kappa shape index (κ2) is 4.39. The van der Waals surface area contributed by atoms with E-state index in [9.17, 15) is 4.79 Å². The summed E-state index contributed by atoms with van der Waals surface area (Å²) in [4.78, 5) is 11.7. The second-order valence-corrected chi connectivity index (χ2v) is 4.69. The molecule has 0 radical (unpaired) electrons. The van der Waals surface area contributed by atoms with Crippen LogP contribution >= 0.6 is 0 Å². The molecule has 1 rings (SSSR count). The Balaban J connectivity index is 2.70. The number of carbonyl (C=O) groups is 1. The topological polar surface area (TPSA) is 40.9 Å². The van der Waals surface area contributed by atoms with Gasteiger partial charge < -0.3 is 5.41 Å². The van der Waals surface area contributed by atoms with E-state index in [2.05, 4.69) is 0 Å². The molecule has 0 heterocycles. The highest BCUT2D eigenvalue weighted by atomic mass is 16.1. The fraction of sp³-hybridized carbons (Fsp3) is 0.385. The molecule has 0 atom stereocenters. The highest BCUT2D eigenvalue weighted by Crippen LogP contribution is 2.18. The SMILES string of the molecule is CC(C)(C)C(=O)CC(=N)c1ccccc1. The molecule has 0 aliphatic heterocycles. The highest BCUT2D eigenvalue weighted by Gasteiger charge is 2.22. The van der Waals surface area contributed by atoms with Gasteiger partial charge in [-0.15, -0.1) is 0 Å². The van der Waals surface area contributed by atoms with Gasteiger partial charge in [-0.3, -0.25) is 4.79 Å². The van der Waals surface area contributed by atoms with Crippen molar-refractivity contribution in [1.29, 1.82) is 5.41 Å². The van der Waals surface area contributed by atoms with Gasteiger partial charge in [0, 0.05) is 17.5 Å². The molecule has 2 nitrogen and oxygen atoms in total. The van der Waals surface area contributed by atoms with Gasteiger partial charge in [0.1, 0.15) is 5.78 Å². The Hall–Kier alpha value is -1.44. The van der Waals surface area contributed by atoms with Crippen LogP contribution in [0.5, 0.6) is 0 Å². The summed E-state index contributed by atoms with van der Waals surface area (Å²) < 4.78 is 0. The molecule has 2 heteroatoms. The fourth-order valence-electron chi connectivity index (χ4n) is 1.17. The van der Waals surface area contributed by atoms with Crippen LogP contribution in [0.1, 0.15) is 32.8 Å². The maximum Gasteiger partial charge on any atom is 0.144 e. The van der Waals surface area contributed by atoms with E-state index < -0.39 is 0 Å². The lowest BCUT2D eigenvalue weighted by atomic mass is 9.87. The summed E-state index contributed by atoms with van der Waals surface area (Å²) in [6.45, 7) is 5.65. The van der Waals surface area contributed by atoms with E-state index in [0.29, 0.717) is 5.71 Å². The van der Waals surface area contributed by atoms with Crippen molar-refractivity contribution in [3.05, 3.63) is 35.9 Å². The predicted octanol–water partition coefficient (Wildman–Crippen LogP) is 3.06. The van der Waals surface area contributed by atoms with Crippen LogP contribution in [0.3, 0.4) is 0 Å². The van der Waals surface area contributed by atoms with Crippen LogP contribution < -0.4 is 0 Å². The van der Waals surface area contributed by atoms with Crippen molar-refractivity contribution in [2.24, 2.45) is 5.41 Å². The first-order chi connectivity index (χ1) is 6.91. The number of ketones is 1. The first kappa shape index (κ1) is 11.6. The summed E-state index contributed by atoms with van der Waals surface area (Å²) in [5.41, 5.74) is 0.867. The maximum atomic E-state index is 11.7. The molecule has 0 aliphatic rings. The number of benzene rings is 1. The van der Waals surface area contributed by atoms with Crippen LogP contribution in [-0.4, -0.2) is 11.5 Å². The van der Waals surface area contributed by atoms with Crippen LogP contribution in [0.25, 0.3) is 0 Å². The Bertz CT molecular complexity index is 360. The van der Waals surface area contributed by atoms with Crippen LogP contribution in [0.15, 0.2) is 30.3 Å². The zero-order valence-electron chi connectivity index (χ0n) is 9.50. The minimum Gasteiger partial charge on any atom is -0.304 e. The normalized spacial score (nSPS) is 11.1. The molecule has 80 valence electrons. The van der Waals surface area contributed by atoms with Crippen LogP contribution in [-0.2, 0) is 4.79 Å². The zero-order chi connectivity index (χ0) is 11.5. The molecule has 0 aromatic heterocycles. The third-order valence-electron chi connectivity index (χ3n) is 2.30. The standard InChI is InChI=1S/C13H17NO/c1-13(2,3)12(15)9-11(14)10-7-5-4-6-8-10/h4-8,14H,9H2,1-3H3. The minimum absolute atomic E-state index is 0.108. The van der Waals surface area contributed by atoms with Crippen molar-refractivity contribution in [3.63, 3.8) is 0 Å². The van der Waals surface area contributed by atoms with Crippen LogP contribution in [0.2, 0.25) is 0 Å². The number of carbonyl (C=O) groups excluding carboxylic acids is 1. The van der Waals surface area contributed by atoms with Gasteiger partial charge >= 0.3 is 0 Å². The highest BCUT2D eigenvalue weighted by molar-refractivity contribution is 6.10. The monoisotopic (exact) mass is 203 g/mol. The van der Waals surface area contributed by atoms with E-state index in [-0.39, 0.29) is 17.6 Å². The van der Waals surface area contributed by atoms with Gasteiger partial charge in [0.05, 0.1) is 0 Å². The van der Waals surface area contributed by atoms with E-state index in [0.717, 1.165) is 5.56 Å². The summed E-state index contributed by atoms with van der Waals surface area (Å²) in [7, 11) is 0. The molecule has 0 amide bonds. The quantitative estimate of drug-likeness (QED) is 0.753. The van der Waals surface area contributed by atoms with Crippen LogP contribution in [0.4, 0.5) is 0 Å². The van der Waals surface area contributed by atoms with E-state index in [1.807, 2.05) is 51.1 Å². The molecule has 1 N–H and O–H groups in total. The van der Waals surface area contributed by atoms with Gasteiger partial charge in [-0.2, -0.15) is 0 Å². The van der Waals surface area contributed by atoms with Crippen molar-refractivity contribution in [1.82, 2.24) is 0 Å². The van der Waals surface area contributed by atoms with E-state index >= 15 is 0 Å². The number of rotatable bonds is 3. The summed E-state index contributed by atoms with van der Waals surface area (Å²) >= 11 is 0. The largest absolute Gasteiger partial charge is 0.304 e. The zero-order valence-corrected chi connectivity index (χ0v) is 9.50. The molecular formula is C13H17NO. The molecule has 15 heavy (non-hydrogen) atoms. The molecule has 0 saturated carbocycles. The van der Waals surface area contributed by atoms with Crippen LogP contribution in [0, 0.1) is 10.8 Å². The molecule has 0 bridgehead atoms.